The Morgan fingerprint density at radius 3 is 2.32 bits per heavy atom. The zero-order valence-electron chi connectivity index (χ0n) is 16.4. The Bertz CT molecular complexity index is 630. The van der Waals surface area contributed by atoms with E-state index in [2.05, 4.69) is 43.9 Å². The van der Waals surface area contributed by atoms with E-state index >= 15 is 0 Å². The van der Waals surface area contributed by atoms with Crippen LogP contribution in [0.3, 0.4) is 0 Å². The van der Waals surface area contributed by atoms with Crippen molar-refractivity contribution < 1.29 is 14.3 Å². The number of carbonyl (C=O) groups is 1. The van der Waals surface area contributed by atoms with Gasteiger partial charge < -0.3 is 14.4 Å². The zero-order chi connectivity index (χ0) is 18.7. The Hall–Kier alpha value is -1.81. The van der Waals surface area contributed by atoms with Crippen LogP contribution in [-0.4, -0.2) is 37.9 Å². The number of hydrogen-bond acceptors (Lipinski definition) is 4. The summed E-state index contributed by atoms with van der Waals surface area (Å²) in [4.78, 5) is 14.4. The highest BCUT2D eigenvalue weighted by atomic mass is 16.6. The number of anilines is 1. The van der Waals surface area contributed by atoms with Crippen LogP contribution in [-0.2, 0) is 19.7 Å². The molecule has 2 rings (SSSR count). The molecule has 0 spiro atoms. The summed E-state index contributed by atoms with van der Waals surface area (Å²) < 4.78 is 10.8. The van der Waals surface area contributed by atoms with Gasteiger partial charge in [-0.15, -0.1) is 0 Å². The van der Waals surface area contributed by atoms with Crippen LogP contribution >= 0.6 is 0 Å². The molecular formula is C21H31NO3. The van der Waals surface area contributed by atoms with E-state index < -0.39 is 5.60 Å². The van der Waals surface area contributed by atoms with Gasteiger partial charge in [-0.1, -0.05) is 26.8 Å². The van der Waals surface area contributed by atoms with Gasteiger partial charge in [0.25, 0.3) is 0 Å². The fourth-order valence-corrected chi connectivity index (χ4v) is 2.74. The molecule has 0 bridgehead atoms. The van der Waals surface area contributed by atoms with Crippen LogP contribution in [0, 0.1) is 0 Å². The molecule has 0 aromatic heterocycles. The second kappa shape index (κ2) is 7.61. The molecule has 0 amide bonds. The minimum atomic E-state index is -0.484. The molecule has 1 aliphatic heterocycles. The van der Waals surface area contributed by atoms with Crippen molar-refractivity contribution in [2.45, 2.75) is 52.6 Å². The summed E-state index contributed by atoms with van der Waals surface area (Å²) in [6.07, 6.45) is 3.39. The van der Waals surface area contributed by atoms with E-state index in [0.717, 1.165) is 37.6 Å². The van der Waals surface area contributed by atoms with Gasteiger partial charge in [0.05, 0.1) is 13.2 Å². The molecule has 1 heterocycles. The van der Waals surface area contributed by atoms with Crippen molar-refractivity contribution in [3.8, 4) is 0 Å². The summed E-state index contributed by atoms with van der Waals surface area (Å²) in [5.41, 5.74) is 2.99. The number of morpholine rings is 1. The average molecular weight is 345 g/mol. The molecule has 0 N–H and O–H groups in total. The summed E-state index contributed by atoms with van der Waals surface area (Å²) in [5.74, 6) is -0.318. The molecule has 0 unspecified atom stereocenters. The van der Waals surface area contributed by atoms with E-state index in [9.17, 15) is 4.79 Å². The first kappa shape index (κ1) is 19.5. The van der Waals surface area contributed by atoms with Gasteiger partial charge in [0, 0.05) is 24.9 Å². The predicted octanol–water partition coefficient (Wildman–Crippen LogP) is 4.18. The molecule has 4 nitrogen and oxygen atoms in total. The number of ether oxygens (including phenoxy) is 2. The molecule has 0 atom stereocenters. The lowest BCUT2D eigenvalue weighted by Crippen LogP contribution is -2.36. The number of nitrogens with zero attached hydrogens (tertiary/aromatic N) is 1. The third kappa shape index (κ3) is 5.89. The van der Waals surface area contributed by atoms with Crippen molar-refractivity contribution in [1.29, 1.82) is 0 Å². The van der Waals surface area contributed by atoms with E-state index in [1.807, 2.05) is 26.8 Å². The van der Waals surface area contributed by atoms with E-state index in [1.165, 1.54) is 11.6 Å². The molecule has 25 heavy (non-hydrogen) atoms. The van der Waals surface area contributed by atoms with E-state index in [4.69, 9.17) is 9.47 Å². The maximum absolute atomic E-state index is 12.1. The van der Waals surface area contributed by atoms with Crippen molar-refractivity contribution >= 4 is 17.7 Å². The molecule has 0 aliphatic carbocycles. The lowest BCUT2D eigenvalue weighted by Gasteiger charge is -2.31. The molecule has 1 aromatic carbocycles. The lowest BCUT2D eigenvalue weighted by atomic mass is 9.85. The van der Waals surface area contributed by atoms with Crippen molar-refractivity contribution in [3.63, 3.8) is 0 Å². The van der Waals surface area contributed by atoms with Gasteiger partial charge in [-0.25, -0.2) is 4.79 Å². The molecule has 0 radical (unpaired) electrons. The molecular weight excluding hydrogens is 314 g/mol. The topological polar surface area (TPSA) is 38.8 Å². The summed E-state index contributed by atoms with van der Waals surface area (Å²) in [7, 11) is 0. The number of hydrogen-bond donors (Lipinski definition) is 0. The first-order chi connectivity index (χ1) is 11.6. The second-order valence-electron chi connectivity index (χ2n) is 8.49. The minimum Gasteiger partial charge on any atom is -0.457 e. The van der Waals surface area contributed by atoms with Crippen molar-refractivity contribution in [1.82, 2.24) is 0 Å². The van der Waals surface area contributed by atoms with Gasteiger partial charge >= 0.3 is 5.97 Å². The third-order valence-corrected chi connectivity index (χ3v) is 4.05. The van der Waals surface area contributed by atoms with Crippen molar-refractivity contribution in [3.05, 3.63) is 35.4 Å². The SMILES string of the molecule is CC(C)(C)OC(=O)/C=C/c1cc(C(C)(C)C)ccc1N1CCOCC1. The van der Waals surface area contributed by atoms with E-state index in [-0.39, 0.29) is 11.4 Å². The first-order valence-corrected chi connectivity index (χ1v) is 8.94. The van der Waals surface area contributed by atoms with Crippen LogP contribution in [0.15, 0.2) is 24.3 Å². The Morgan fingerprint density at radius 2 is 1.76 bits per heavy atom. The Kier molecular flexibility index (Phi) is 5.94. The first-order valence-electron chi connectivity index (χ1n) is 8.94. The van der Waals surface area contributed by atoms with Gasteiger partial charge in [0.2, 0.25) is 0 Å². The molecule has 1 saturated heterocycles. The van der Waals surface area contributed by atoms with E-state index in [1.54, 1.807) is 0 Å². The van der Waals surface area contributed by atoms with Gasteiger partial charge in [0.15, 0.2) is 0 Å². The highest BCUT2D eigenvalue weighted by Gasteiger charge is 2.19. The Balaban J connectivity index is 2.32. The fourth-order valence-electron chi connectivity index (χ4n) is 2.74. The van der Waals surface area contributed by atoms with Gasteiger partial charge in [-0.2, -0.15) is 0 Å². The summed E-state index contributed by atoms with van der Waals surface area (Å²) >= 11 is 0. The normalized spacial score (nSPS) is 16.3. The van der Waals surface area contributed by atoms with Gasteiger partial charge in [-0.3, -0.25) is 0 Å². The zero-order valence-corrected chi connectivity index (χ0v) is 16.4. The van der Waals surface area contributed by atoms with Crippen LogP contribution in [0.5, 0.6) is 0 Å². The lowest BCUT2D eigenvalue weighted by molar-refractivity contribution is -0.148. The molecule has 0 saturated carbocycles. The molecule has 138 valence electrons. The summed E-state index contributed by atoms with van der Waals surface area (Å²) in [6.45, 7) is 15.4. The van der Waals surface area contributed by atoms with Crippen molar-refractivity contribution in [2.75, 3.05) is 31.2 Å². The quantitative estimate of drug-likeness (QED) is 0.609. The second-order valence-corrected chi connectivity index (χ2v) is 8.49. The van der Waals surface area contributed by atoms with Crippen LogP contribution in [0.2, 0.25) is 0 Å². The van der Waals surface area contributed by atoms with Crippen LogP contribution in [0.1, 0.15) is 52.7 Å². The number of esters is 1. The standard InChI is InChI=1S/C21H31NO3/c1-20(2,3)17-8-9-18(22-11-13-24-14-12-22)16(15-17)7-10-19(23)25-21(4,5)6/h7-10,15H,11-14H2,1-6H3/b10-7+. The molecule has 1 fully saturated rings. The highest BCUT2D eigenvalue weighted by Crippen LogP contribution is 2.30. The smallest absolute Gasteiger partial charge is 0.331 e. The van der Waals surface area contributed by atoms with Crippen molar-refractivity contribution in [2.24, 2.45) is 0 Å². The monoisotopic (exact) mass is 345 g/mol. The van der Waals surface area contributed by atoms with Crippen LogP contribution in [0.4, 0.5) is 5.69 Å². The predicted molar refractivity (Wildman–Crippen MR) is 103 cm³/mol. The highest BCUT2D eigenvalue weighted by molar-refractivity contribution is 5.89. The van der Waals surface area contributed by atoms with Crippen LogP contribution < -0.4 is 4.90 Å². The number of benzene rings is 1. The minimum absolute atomic E-state index is 0.0536. The largest absolute Gasteiger partial charge is 0.457 e. The summed E-state index contributed by atoms with van der Waals surface area (Å²) in [5, 5.41) is 0. The van der Waals surface area contributed by atoms with E-state index in [0.29, 0.717) is 0 Å². The fraction of sp³-hybridized carbons (Fsp3) is 0.571. The number of carbonyl (C=O) groups excluding carboxylic acids is 1. The molecule has 4 heteroatoms. The Labute approximate surface area is 151 Å². The molecule has 1 aromatic rings. The number of rotatable bonds is 3. The third-order valence-electron chi connectivity index (χ3n) is 4.05. The molecule has 1 aliphatic rings. The van der Waals surface area contributed by atoms with Crippen LogP contribution in [0.25, 0.3) is 6.08 Å². The van der Waals surface area contributed by atoms with Gasteiger partial charge in [-0.05, 0) is 55.5 Å². The summed E-state index contributed by atoms with van der Waals surface area (Å²) in [6, 6.07) is 6.50. The maximum atomic E-state index is 12.1. The maximum Gasteiger partial charge on any atom is 0.331 e. The Morgan fingerprint density at radius 1 is 1.12 bits per heavy atom. The van der Waals surface area contributed by atoms with Gasteiger partial charge in [0.1, 0.15) is 5.60 Å². The average Bonchev–Trinajstić information content (AvgIpc) is 2.51.